The fourth-order valence-corrected chi connectivity index (χ4v) is 3.94. The number of nitrogens with one attached hydrogen (secondary N) is 2. The van der Waals surface area contributed by atoms with E-state index in [1.165, 1.54) is 25.7 Å². The van der Waals surface area contributed by atoms with Crippen molar-refractivity contribution in [2.24, 2.45) is 17.8 Å². The van der Waals surface area contributed by atoms with E-state index in [9.17, 15) is 9.59 Å². The van der Waals surface area contributed by atoms with Crippen LogP contribution in [0.4, 0.5) is 0 Å². The van der Waals surface area contributed by atoms with E-state index in [1.807, 2.05) is 0 Å². The zero-order chi connectivity index (χ0) is 15.2. The van der Waals surface area contributed by atoms with Crippen molar-refractivity contribution in [1.82, 2.24) is 10.6 Å². The number of rotatable bonds is 8. The normalized spacial score (nSPS) is 28.4. The van der Waals surface area contributed by atoms with Gasteiger partial charge in [0.05, 0.1) is 19.6 Å². The smallest absolute Gasteiger partial charge is 0.307 e. The van der Waals surface area contributed by atoms with Crippen LogP contribution < -0.4 is 10.6 Å². The second kappa shape index (κ2) is 7.78. The molecule has 21 heavy (non-hydrogen) atoms. The van der Waals surface area contributed by atoms with Crippen molar-refractivity contribution >= 4 is 11.9 Å². The molecule has 2 aliphatic carbocycles. The highest BCUT2D eigenvalue weighted by Gasteiger charge is 2.41. The Labute approximate surface area is 127 Å². The summed E-state index contributed by atoms with van der Waals surface area (Å²) < 4.78 is 4.83. The Balaban J connectivity index is 1.58. The molecule has 5 heteroatoms. The van der Waals surface area contributed by atoms with Crippen LogP contribution in [-0.4, -0.2) is 37.6 Å². The molecule has 0 aromatic heterocycles. The highest BCUT2D eigenvalue weighted by molar-refractivity contribution is 5.78. The van der Waals surface area contributed by atoms with Crippen molar-refractivity contribution in [3.05, 3.63) is 0 Å². The van der Waals surface area contributed by atoms with Gasteiger partial charge in [0.1, 0.15) is 0 Å². The van der Waals surface area contributed by atoms with Gasteiger partial charge < -0.3 is 15.4 Å². The minimum atomic E-state index is -0.222. The molecule has 2 aliphatic rings. The molecule has 0 aliphatic heterocycles. The van der Waals surface area contributed by atoms with Gasteiger partial charge in [0.2, 0.25) is 5.91 Å². The van der Waals surface area contributed by atoms with E-state index < -0.39 is 0 Å². The minimum absolute atomic E-state index is 0.0223. The molecule has 5 nitrogen and oxygen atoms in total. The number of fused-ring (bicyclic) bond motifs is 2. The summed E-state index contributed by atoms with van der Waals surface area (Å²) in [5.41, 5.74) is 0. The molecule has 2 fully saturated rings. The van der Waals surface area contributed by atoms with E-state index in [-0.39, 0.29) is 24.5 Å². The zero-order valence-electron chi connectivity index (χ0n) is 13.2. The van der Waals surface area contributed by atoms with Crippen molar-refractivity contribution in [2.45, 2.75) is 52.0 Å². The van der Waals surface area contributed by atoms with Gasteiger partial charge in [-0.1, -0.05) is 6.42 Å². The Hall–Kier alpha value is -1.10. The Bertz CT molecular complexity index is 373. The average Bonchev–Trinajstić information content (AvgIpc) is 3.06. The third kappa shape index (κ3) is 4.70. The molecule has 4 unspecified atom stereocenters. The highest BCUT2D eigenvalue weighted by atomic mass is 16.5. The summed E-state index contributed by atoms with van der Waals surface area (Å²) in [5, 5.41) is 6.09. The van der Waals surface area contributed by atoms with Gasteiger partial charge in [-0.25, -0.2) is 0 Å². The summed E-state index contributed by atoms with van der Waals surface area (Å²) in [4.78, 5) is 23.0. The molecule has 0 saturated heterocycles. The largest absolute Gasteiger partial charge is 0.466 e. The lowest BCUT2D eigenvalue weighted by Gasteiger charge is -2.28. The molecule has 2 rings (SSSR count). The topological polar surface area (TPSA) is 67.4 Å². The maximum Gasteiger partial charge on any atom is 0.307 e. The molecule has 120 valence electrons. The van der Waals surface area contributed by atoms with Gasteiger partial charge in [0.15, 0.2) is 0 Å². The lowest BCUT2D eigenvalue weighted by molar-refractivity contribution is -0.143. The maximum atomic E-state index is 11.9. The van der Waals surface area contributed by atoms with E-state index in [2.05, 4.69) is 17.6 Å². The number of carbonyl (C=O) groups excluding carboxylic acids is 2. The summed E-state index contributed by atoms with van der Waals surface area (Å²) in [5.74, 6) is 2.19. The van der Waals surface area contributed by atoms with Crippen LogP contribution in [0.2, 0.25) is 0 Å². The van der Waals surface area contributed by atoms with Gasteiger partial charge in [-0.2, -0.15) is 0 Å². The molecule has 1 amide bonds. The molecular formula is C16H28N2O3. The maximum absolute atomic E-state index is 11.9. The Morgan fingerprint density at radius 1 is 1.29 bits per heavy atom. The van der Waals surface area contributed by atoms with Gasteiger partial charge in [-0.3, -0.25) is 9.59 Å². The predicted octanol–water partition coefficient (Wildman–Crippen LogP) is 1.47. The number of carbonyl (C=O) groups is 2. The van der Waals surface area contributed by atoms with Gasteiger partial charge in [-0.05, 0) is 50.9 Å². The standard InChI is InChI=1S/C16H28N2O3/c1-3-21-16(20)6-7-17-10-15(19)18-11(2)14-9-12-4-5-13(14)8-12/h11-14,17H,3-10H2,1-2H3,(H,18,19). The number of hydrogen-bond donors (Lipinski definition) is 2. The molecule has 0 heterocycles. The van der Waals surface area contributed by atoms with E-state index in [0.29, 0.717) is 25.5 Å². The number of hydrogen-bond acceptors (Lipinski definition) is 4. The van der Waals surface area contributed by atoms with Crippen molar-refractivity contribution in [3.8, 4) is 0 Å². The first-order chi connectivity index (χ1) is 10.1. The van der Waals surface area contributed by atoms with Crippen LogP contribution in [0.3, 0.4) is 0 Å². The lowest BCUT2D eigenvalue weighted by atomic mass is 9.84. The van der Waals surface area contributed by atoms with Crippen LogP contribution in [0.25, 0.3) is 0 Å². The first kappa shape index (κ1) is 16.3. The third-order valence-electron chi connectivity index (χ3n) is 4.92. The van der Waals surface area contributed by atoms with Gasteiger partial charge in [-0.15, -0.1) is 0 Å². The van der Waals surface area contributed by atoms with E-state index in [1.54, 1.807) is 6.92 Å². The first-order valence-corrected chi connectivity index (χ1v) is 8.25. The van der Waals surface area contributed by atoms with Crippen molar-refractivity contribution in [1.29, 1.82) is 0 Å². The van der Waals surface area contributed by atoms with Crippen LogP contribution in [0.1, 0.15) is 46.0 Å². The lowest BCUT2D eigenvalue weighted by Crippen LogP contribution is -2.44. The van der Waals surface area contributed by atoms with E-state index >= 15 is 0 Å². The van der Waals surface area contributed by atoms with Gasteiger partial charge in [0, 0.05) is 12.6 Å². The van der Waals surface area contributed by atoms with Crippen molar-refractivity contribution in [3.63, 3.8) is 0 Å². The molecule has 0 aromatic rings. The summed E-state index contributed by atoms with van der Waals surface area (Å²) in [7, 11) is 0. The second-order valence-electron chi connectivity index (χ2n) is 6.43. The highest BCUT2D eigenvalue weighted by Crippen LogP contribution is 2.49. The van der Waals surface area contributed by atoms with Crippen molar-refractivity contribution < 1.29 is 14.3 Å². The van der Waals surface area contributed by atoms with E-state index in [0.717, 1.165) is 11.8 Å². The second-order valence-corrected chi connectivity index (χ2v) is 6.43. The number of esters is 1. The fourth-order valence-electron chi connectivity index (χ4n) is 3.94. The third-order valence-corrected chi connectivity index (χ3v) is 4.92. The molecule has 2 bridgehead atoms. The molecule has 4 atom stereocenters. The summed E-state index contributed by atoms with van der Waals surface area (Å²) in [6.07, 6.45) is 5.68. The summed E-state index contributed by atoms with van der Waals surface area (Å²) in [6.45, 7) is 5.07. The summed E-state index contributed by atoms with van der Waals surface area (Å²) in [6, 6.07) is 0.264. The molecule has 2 saturated carbocycles. The molecule has 0 spiro atoms. The van der Waals surface area contributed by atoms with Crippen LogP contribution in [0.5, 0.6) is 0 Å². The molecule has 0 aromatic carbocycles. The first-order valence-electron chi connectivity index (χ1n) is 8.25. The SMILES string of the molecule is CCOC(=O)CCNCC(=O)NC(C)C1CC2CCC1C2. The Morgan fingerprint density at radius 2 is 2.10 bits per heavy atom. The number of amides is 1. The zero-order valence-corrected chi connectivity index (χ0v) is 13.2. The van der Waals surface area contributed by atoms with Crippen molar-refractivity contribution in [2.75, 3.05) is 19.7 Å². The summed E-state index contributed by atoms with van der Waals surface area (Å²) >= 11 is 0. The molecule has 0 radical (unpaired) electrons. The average molecular weight is 296 g/mol. The monoisotopic (exact) mass is 296 g/mol. The van der Waals surface area contributed by atoms with Gasteiger partial charge in [0.25, 0.3) is 0 Å². The van der Waals surface area contributed by atoms with Crippen LogP contribution >= 0.6 is 0 Å². The number of ether oxygens (including phenoxy) is 1. The molecule has 2 N–H and O–H groups in total. The van der Waals surface area contributed by atoms with Crippen LogP contribution in [-0.2, 0) is 14.3 Å². The van der Waals surface area contributed by atoms with Gasteiger partial charge >= 0.3 is 5.97 Å². The quantitative estimate of drug-likeness (QED) is 0.526. The Kier molecular flexibility index (Phi) is 6.03. The minimum Gasteiger partial charge on any atom is -0.466 e. The Morgan fingerprint density at radius 3 is 2.71 bits per heavy atom. The van der Waals surface area contributed by atoms with Crippen LogP contribution in [0, 0.1) is 17.8 Å². The van der Waals surface area contributed by atoms with E-state index in [4.69, 9.17) is 4.74 Å². The molecular weight excluding hydrogens is 268 g/mol. The predicted molar refractivity (Wildman–Crippen MR) is 80.7 cm³/mol. The fraction of sp³-hybridized carbons (Fsp3) is 0.875. The van der Waals surface area contributed by atoms with Crippen LogP contribution in [0.15, 0.2) is 0 Å².